The van der Waals surface area contributed by atoms with Gasteiger partial charge in [-0.2, -0.15) is 0 Å². The maximum absolute atomic E-state index is 13.0. The van der Waals surface area contributed by atoms with Crippen LogP contribution in [-0.4, -0.2) is 30.9 Å². The van der Waals surface area contributed by atoms with Gasteiger partial charge in [-0.05, 0) is 0 Å². The van der Waals surface area contributed by atoms with Gasteiger partial charge in [0, 0.05) is 0 Å². The predicted molar refractivity (Wildman–Crippen MR) is 80.4 cm³/mol. The van der Waals surface area contributed by atoms with E-state index in [0.717, 1.165) is 11.4 Å². The van der Waals surface area contributed by atoms with Crippen LogP contribution in [0.5, 0.6) is 0 Å². The molecule has 1 aromatic carbocycles. The fourth-order valence-corrected chi connectivity index (χ4v) is 1.84. The molecule has 0 atom stereocenters. The Kier molecular flexibility index (Phi) is 4.98. The van der Waals surface area contributed by atoms with Gasteiger partial charge in [-0.25, -0.2) is 0 Å². The number of nitrogens with zero attached hydrogens (tertiary/aromatic N) is 2. The van der Waals surface area contributed by atoms with Gasteiger partial charge < -0.3 is 0 Å². The standard InChI is InChI=1S/C14H13FN4Se/c1-10(13-7-2-3-8-16-13)18-19-14(20)17-12-6-4-5-11(15)9-12/h2-9H,1H3,(H2,17,19,20). The van der Waals surface area contributed by atoms with E-state index in [1.165, 1.54) is 12.1 Å². The quantitative estimate of drug-likeness (QED) is 0.499. The molecule has 102 valence electrons. The molecule has 0 spiro atoms. The molecule has 0 fully saturated rings. The molecule has 0 bridgehead atoms. The Bertz CT molecular complexity index is 628. The molecule has 2 aromatic rings. The van der Waals surface area contributed by atoms with Gasteiger partial charge in [0.05, 0.1) is 0 Å². The number of hydrogen-bond acceptors (Lipinski definition) is 4. The van der Waals surface area contributed by atoms with Crippen LogP contribution < -0.4 is 10.7 Å². The van der Waals surface area contributed by atoms with Crippen molar-refractivity contribution in [2.24, 2.45) is 5.10 Å². The van der Waals surface area contributed by atoms with Gasteiger partial charge in [-0.1, -0.05) is 0 Å². The third-order valence-corrected chi connectivity index (χ3v) is 2.85. The monoisotopic (exact) mass is 336 g/mol. The average molecular weight is 335 g/mol. The first-order chi connectivity index (χ1) is 9.65. The first-order valence-corrected chi connectivity index (χ1v) is 6.79. The van der Waals surface area contributed by atoms with Gasteiger partial charge in [-0.15, -0.1) is 0 Å². The van der Waals surface area contributed by atoms with Crippen LogP contribution in [0.4, 0.5) is 10.1 Å². The first-order valence-electron chi connectivity index (χ1n) is 5.93. The number of hydrazone groups is 1. The van der Waals surface area contributed by atoms with E-state index in [9.17, 15) is 4.39 Å². The first kappa shape index (κ1) is 14.4. The summed E-state index contributed by atoms with van der Waals surface area (Å²) in [5.74, 6) is -0.295. The topological polar surface area (TPSA) is 49.3 Å². The second-order valence-electron chi connectivity index (χ2n) is 3.99. The number of nitrogens with one attached hydrogen (secondary N) is 2. The van der Waals surface area contributed by atoms with Crippen LogP contribution in [0.2, 0.25) is 0 Å². The predicted octanol–water partition coefficient (Wildman–Crippen LogP) is 1.90. The Morgan fingerprint density at radius 2 is 2.10 bits per heavy atom. The minimum absolute atomic E-state index is 0.295. The number of anilines is 1. The molecular weight excluding hydrogens is 322 g/mol. The number of halogens is 1. The summed E-state index contributed by atoms with van der Waals surface area (Å²) in [7, 11) is 0. The minimum atomic E-state index is -0.295. The number of rotatable bonds is 5. The van der Waals surface area contributed by atoms with E-state index in [4.69, 9.17) is 0 Å². The average Bonchev–Trinajstić information content (AvgIpc) is 2.46. The molecule has 0 aliphatic carbocycles. The zero-order valence-electron chi connectivity index (χ0n) is 10.8. The Morgan fingerprint density at radius 3 is 2.80 bits per heavy atom. The molecule has 0 amide bonds. The summed E-state index contributed by atoms with van der Waals surface area (Å²) in [5, 5.41) is 7.16. The van der Waals surface area contributed by atoms with E-state index < -0.39 is 0 Å². The Balaban J connectivity index is 1.95. The summed E-state index contributed by atoms with van der Waals surface area (Å²) in [4.78, 5) is 4.19. The van der Waals surface area contributed by atoms with E-state index in [0.29, 0.717) is 10.4 Å². The molecule has 0 aliphatic heterocycles. The van der Waals surface area contributed by atoms with Crippen LogP contribution in [0.1, 0.15) is 12.6 Å². The second-order valence-corrected chi connectivity index (χ2v) is 4.85. The Hall–Kier alpha value is -2.04. The van der Waals surface area contributed by atoms with E-state index >= 15 is 0 Å². The SMILES string of the molecule is CC(=NNC(=[Se])Nc1cccc(F)c1)c1ccccn1. The van der Waals surface area contributed by atoms with Crippen LogP contribution in [-0.2, 0) is 0 Å². The second kappa shape index (κ2) is 6.93. The maximum atomic E-state index is 13.0. The van der Waals surface area contributed by atoms with E-state index in [-0.39, 0.29) is 5.82 Å². The molecule has 6 heteroatoms. The fraction of sp³-hybridized carbons (Fsp3) is 0.0714. The van der Waals surface area contributed by atoms with E-state index in [2.05, 4.69) is 36.4 Å². The Morgan fingerprint density at radius 1 is 1.25 bits per heavy atom. The normalized spacial score (nSPS) is 11.0. The molecule has 2 rings (SSSR count). The third-order valence-electron chi connectivity index (χ3n) is 2.44. The number of benzene rings is 1. The molecule has 4 nitrogen and oxygen atoms in total. The molecule has 2 N–H and O–H groups in total. The van der Waals surface area contributed by atoms with Gasteiger partial charge in [-0.3, -0.25) is 0 Å². The van der Waals surface area contributed by atoms with Crippen molar-refractivity contribution in [3.63, 3.8) is 0 Å². The van der Waals surface area contributed by atoms with Gasteiger partial charge in [0.15, 0.2) is 0 Å². The molecule has 0 radical (unpaired) electrons. The van der Waals surface area contributed by atoms with Gasteiger partial charge in [0.2, 0.25) is 0 Å². The van der Waals surface area contributed by atoms with Crippen LogP contribution in [0, 0.1) is 5.82 Å². The number of hydrogen-bond donors (Lipinski definition) is 2. The molecule has 0 saturated carbocycles. The summed E-state index contributed by atoms with van der Waals surface area (Å²) < 4.78 is 13.6. The van der Waals surface area contributed by atoms with Gasteiger partial charge in [0.1, 0.15) is 0 Å². The van der Waals surface area contributed by atoms with Crippen LogP contribution in [0.25, 0.3) is 0 Å². The van der Waals surface area contributed by atoms with Crippen LogP contribution in [0.3, 0.4) is 0 Å². The van der Waals surface area contributed by atoms with Crippen LogP contribution >= 0.6 is 0 Å². The van der Waals surface area contributed by atoms with Crippen molar-refractivity contribution in [3.05, 3.63) is 60.2 Å². The molecule has 1 heterocycles. The zero-order chi connectivity index (χ0) is 14.4. The zero-order valence-corrected chi connectivity index (χ0v) is 12.5. The summed E-state index contributed by atoms with van der Waals surface area (Å²) >= 11 is 2.80. The molecular formula is C14H13FN4Se. The van der Waals surface area contributed by atoms with Crippen LogP contribution in [0.15, 0.2) is 53.8 Å². The molecule has 0 aliphatic rings. The van der Waals surface area contributed by atoms with Crippen molar-refractivity contribution in [1.29, 1.82) is 0 Å². The summed E-state index contributed by atoms with van der Waals surface area (Å²) in [5.41, 5.74) is 5.00. The summed E-state index contributed by atoms with van der Waals surface area (Å²) in [6.07, 6.45) is 1.71. The molecule has 0 unspecified atom stereocenters. The summed E-state index contributed by atoms with van der Waals surface area (Å²) in [6, 6.07) is 11.8. The van der Waals surface area contributed by atoms with E-state index in [1.54, 1.807) is 18.3 Å². The molecule has 0 saturated heterocycles. The van der Waals surface area contributed by atoms with Crippen molar-refractivity contribution in [3.8, 4) is 0 Å². The van der Waals surface area contributed by atoms with Gasteiger partial charge >= 0.3 is 124 Å². The van der Waals surface area contributed by atoms with Crippen molar-refractivity contribution < 1.29 is 4.39 Å². The third kappa shape index (κ3) is 4.26. The van der Waals surface area contributed by atoms with Crippen molar-refractivity contribution in [2.45, 2.75) is 6.92 Å². The van der Waals surface area contributed by atoms with Crippen molar-refractivity contribution in [2.75, 3.05) is 5.32 Å². The van der Waals surface area contributed by atoms with Crippen molar-refractivity contribution in [1.82, 2.24) is 10.4 Å². The number of aromatic nitrogens is 1. The Labute approximate surface area is 124 Å². The van der Waals surface area contributed by atoms with Gasteiger partial charge in [0.25, 0.3) is 0 Å². The fourth-order valence-electron chi connectivity index (χ4n) is 1.49. The van der Waals surface area contributed by atoms with Crippen molar-refractivity contribution >= 4 is 31.6 Å². The number of pyridine rings is 1. The molecule has 20 heavy (non-hydrogen) atoms. The van der Waals surface area contributed by atoms with E-state index in [1.807, 2.05) is 25.1 Å². The molecule has 1 aromatic heterocycles. The summed E-state index contributed by atoms with van der Waals surface area (Å²) in [6.45, 7) is 1.85.